The van der Waals surface area contributed by atoms with Crippen LogP contribution < -0.4 is 10.1 Å². The molecule has 126 valence electrons. The molecular weight excluding hydrogens is 302 g/mol. The Bertz CT molecular complexity index is 783. The molecule has 2 N–H and O–H groups in total. The number of nitrogens with one attached hydrogen (secondary N) is 1. The molecule has 1 aliphatic carbocycles. The molecule has 24 heavy (non-hydrogen) atoms. The smallest absolute Gasteiger partial charge is 0.308 e. The van der Waals surface area contributed by atoms with Gasteiger partial charge >= 0.3 is 5.97 Å². The average molecular weight is 325 g/mol. The number of esters is 1. The Labute approximate surface area is 142 Å². The van der Waals surface area contributed by atoms with Crippen molar-refractivity contribution in [2.24, 2.45) is 0 Å². The average Bonchev–Trinajstić information content (AvgIpc) is 2.59. The summed E-state index contributed by atoms with van der Waals surface area (Å²) in [4.78, 5) is 11.2. The number of rotatable bonds is 1. The molecule has 1 heterocycles. The molecule has 0 saturated heterocycles. The summed E-state index contributed by atoms with van der Waals surface area (Å²) in [5.74, 6) is -0.142. The Morgan fingerprint density at radius 2 is 2.00 bits per heavy atom. The molecule has 1 aliphatic heterocycles. The van der Waals surface area contributed by atoms with Gasteiger partial charge in [-0.15, -0.1) is 0 Å². The van der Waals surface area contributed by atoms with E-state index in [9.17, 15) is 9.90 Å². The summed E-state index contributed by atoms with van der Waals surface area (Å²) in [6.07, 6.45) is 1.84. The van der Waals surface area contributed by atoms with Gasteiger partial charge in [-0.3, -0.25) is 4.79 Å². The number of carbonyl (C=O) groups is 1. The third-order valence-corrected chi connectivity index (χ3v) is 4.50. The van der Waals surface area contributed by atoms with E-state index in [1.165, 1.54) is 18.1 Å². The lowest BCUT2D eigenvalue weighted by atomic mass is 9.77. The van der Waals surface area contributed by atoms with Crippen molar-refractivity contribution in [3.63, 3.8) is 0 Å². The number of hydrogen-bond acceptors (Lipinski definition) is 4. The van der Waals surface area contributed by atoms with Crippen LogP contribution in [0.4, 0.5) is 0 Å². The van der Waals surface area contributed by atoms with Crippen LogP contribution >= 0.6 is 0 Å². The fourth-order valence-corrected chi connectivity index (χ4v) is 3.66. The Morgan fingerprint density at radius 3 is 2.75 bits per heavy atom. The number of fused-ring (bicyclic) bond motifs is 2. The second-order valence-electron chi connectivity index (χ2n) is 5.88. The summed E-state index contributed by atoms with van der Waals surface area (Å²) in [7, 11) is 0. The van der Waals surface area contributed by atoms with Crippen LogP contribution in [0.2, 0.25) is 0 Å². The summed E-state index contributed by atoms with van der Waals surface area (Å²) in [6, 6.07) is 10.1. The monoisotopic (exact) mass is 325 g/mol. The molecule has 0 amide bonds. The molecule has 0 bridgehead atoms. The van der Waals surface area contributed by atoms with Crippen molar-refractivity contribution < 1.29 is 14.6 Å². The van der Waals surface area contributed by atoms with Gasteiger partial charge in [-0.2, -0.15) is 0 Å². The van der Waals surface area contributed by atoms with Crippen LogP contribution in [0.1, 0.15) is 43.5 Å². The Balaban J connectivity index is 0.000000815. The first-order chi connectivity index (χ1) is 11.6. The predicted molar refractivity (Wildman–Crippen MR) is 94.4 cm³/mol. The fraction of sp³-hybridized carbons (Fsp3) is 0.350. The van der Waals surface area contributed by atoms with Crippen molar-refractivity contribution in [3.8, 4) is 22.6 Å². The summed E-state index contributed by atoms with van der Waals surface area (Å²) >= 11 is 0. The van der Waals surface area contributed by atoms with Crippen LogP contribution in [0.25, 0.3) is 11.1 Å². The molecule has 0 aromatic heterocycles. The molecule has 0 fully saturated rings. The van der Waals surface area contributed by atoms with Gasteiger partial charge in [0.1, 0.15) is 0 Å². The van der Waals surface area contributed by atoms with Crippen molar-refractivity contribution in [1.82, 2.24) is 5.32 Å². The number of aromatic hydroxyl groups is 1. The zero-order valence-corrected chi connectivity index (χ0v) is 14.3. The Hall–Kier alpha value is -2.33. The van der Waals surface area contributed by atoms with E-state index in [2.05, 4.69) is 11.4 Å². The molecule has 4 nitrogen and oxygen atoms in total. The molecule has 4 rings (SSSR count). The van der Waals surface area contributed by atoms with Crippen molar-refractivity contribution in [2.75, 3.05) is 6.54 Å². The molecule has 2 aliphatic rings. The summed E-state index contributed by atoms with van der Waals surface area (Å²) in [6.45, 7) is 6.32. The number of ether oxygens (including phenoxy) is 1. The van der Waals surface area contributed by atoms with Gasteiger partial charge < -0.3 is 15.2 Å². The van der Waals surface area contributed by atoms with Gasteiger partial charge in [0.25, 0.3) is 0 Å². The number of phenolic OH excluding ortho intramolecular Hbond substituents is 1. The van der Waals surface area contributed by atoms with E-state index in [1.807, 2.05) is 32.0 Å². The highest BCUT2D eigenvalue weighted by atomic mass is 16.5. The van der Waals surface area contributed by atoms with Gasteiger partial charge in [0, 0.05) is 18.5 Å². The van der Waals surface area contributed by atoms with Crippen LogP contribution in [0.5, 0.6) is 11.5 Å². The van der Waals surface area contributed by atoms with E-state index in [4.69, 9.17) is 4.74 Å². The van der Waals surface area contributed by atoms with Crippen LogP contribution in [0, 0.1) is 0 Å². The fourth-order valence-electron chi connectivity index (χ4n) is 3.66. The molecule has 2 aromatic rings. The van der Waals surface area contributed by atoms with Gasteiger partial charge in [-0.05, 0) is 47.7 Å². The second kappa shape index (κ2) is 6.65. The van der Waals surface area contributed by atoms with Crippen LogP contribution in [0.15, 0.2) is 30.3 Å². The SMILES string of the molecule is CC.CC(=O)Oc1ccc2c(c1O)-c1cccc3c1C(C2)NCC3. The molecule has 4 heteroatoms. The van der Waals surface area contributed by atoms with Crippen molar-refractivity contribution in [1.29, 1.82) is 0 Å². The van der Waals surface area contributed by atoms with Crippen molar-refractivity contribution in [3.05, 3.63) is 47.0 Å². The van der Waals surface area contributed by atoms with Gasteiger partial charge in [-0.25, -0.2) is 0 Å². The molecular formula is C20H23NO3. The minimum absolute atomic E-state index is 0.0603. The maximum atomic E-state index is 11.2. The Morgan fingerprint density at radius 1 is 1.21 bits per heavy atom. The summed E-state index contributed by atoms with van der Waals surface area (Å²) in [5.41, 5.74) is 5.54. The first-order valence-electron chi connectivity index (χ1n) is 8.54. The zero-order valence-electron chi connectivity index (χ0n) is 14.3. The predicted octanol–water partition coefficient (Wildman–Crippen LogP) is 3.75. The van der Waals surface area contributed by atoms with E-state index in [0.29, 0.717) is 6.04 Å². The molecule has 0 radical (unpaired) electrons. The summed E-state index contributed by atoms with van der Waals surface area (Å²) < 4.78 is 5.12. The standard InChI is InChI=1S/C18H17NO3.C2H6/c1-10(20)22-15-6-5-12-9-14-16-11(7-8-19-14)3-2-4-13(16)17(12)18(15)21;1-2/h2-6,14,19,21H,7-9H2,1H3;1-2H3. The van der Waals surface area contributed by atoms with E-state index in [1.54, 1.807) is 6.07 Å². The highest BCUT2D eigenvalue weighted by Crippen LogP contribution is 2.48. The highest BCUT2D eigenvalue weighted by molar-refractivity contribution is 5.83. The van der Waals surface area contributed by atoms with Crippen LogP contribution in [-0.2, 0) is 17.6 Å². The van der Waals surface area contributed by atoms with Gasteiger partial charge in [0.15, 0.2) is 11.5 Å². The van der Waals surface area contributed by atoms with Gasteiger partial charge in [0.05, 0.1) is 0 Å². The van der Waals surface area contributed by atoms with E-state index < -0.39 is 5.97 Å². The number of benzene rings is 2. The summed E-state index contributed by atoms with van der Waals surface area (Å²) in [5, 5.41) is 14.2. The second-order valence-corrected chi connectivity index (χ2v) is 5.88. The number of phenols is 1. The van der Waals surface area contributed by atoms with Crippen LogP contribution in [-0.4, -0.2) is 17.6 Å². The molecule has 2 aromatic carbocycles. The normalized spacial score (nSPS) is 17.0. The number of carbonyl (C=O) groups excluding carboxylic acids is 1. The maximum Gasteiger partial charge on any atom is 0.308 e. The van der Waals surface area contributed by atoms with Crippen molar-refractivity contribution in [2.45, 2.75) is 39.7 Å². The molecule has 1 atom stereocenters. The topological polar surface area (TPSA) is 58.6 Å². The van der Waals surface area contributed by atoms with E-state index in [-0.39, 0.29) is 11.5 Å². The van der Waals surface area contributed by atoms with Gasteiger partial charge in [0.2, 0.25) is 0 Å². The van der Waals surface area contributed by atoms with Gasteiger partial charge in [-0.1, -0.05) is 38.1 Å². The third-order valence-electron chi connectivity index (χ3n) is 4.50. The lowest BCUT2D eigenvalue weighted by Crippen LogP contribution is -2.33. The third kappa shape index (κ3) is 2.67. The molecule has 0 saturated carbocycles. The molecule has 1 unspecified atom stereocenters. The highest BCUT2D eigenvalue weighted by Gasteiger charge is 2.31. The van der Waals surface area contributed by atoms with E-state index in [0.717, 1.165) is 36.1 Å². The quantitative estimate of drug-likeness (QED) is 0.619. The van der Waals surface area contributed by atoms with Crippen molar-refractivity contribution >= 4 is 5.97 Å². The zero-order chi connectivity index (χ0) is 17.3. The lowest BCUT2D eigenvalue weighted by Gasteiger charge is -2.34. The minimum atomic E-state index is -0.430. The Kier molecular flexibility index (Phi) is 4.58. The first kappa shape index (κ1) is 16.5. The largest absolute Gasteiger partial charge is 0.504 e. The molecule has 0 spiro atoms. The van der Waals surface area contributed by atoms with Crippen LogP contribution in [0.3, 0.4) is 0 Å². The number of hydrogen-bond donors (Lipinski definition) is 2. The van der Waals surface area contributed by atoms with E-state index >= 15 is 0 Å². The minimum Gasteiger partial charge on any atom is -0.504 e. The maximum absolute atomic E-state index is 11.2. The first-order valence-corrected chi connectivity index (χ1v) is 8.54. The lowest BCUT2D eigenvalue weighted by molar-refractivity contribution is -0.132.